The highest BCUT2D eigenvalue weighted by atomic mass is 16.6. The zero-order chi connectivity index (χ0) is 15.2. The molecule has 0 saturated carbocycles. The van der Waals surface area contributed by atoms with Crippen LogP contribution in [-0.2, 0) is 11.3 Å². The van der Waals surface area contributed by atoms with E-state index in [2.05, 4.69) is 21.9 Å². The van der Waals surface area contributed by atoms with Crippen molar-refractivity contribution in [1.29, 1.82) is 0 Å². The van der Waals surface area contributed by atoms with E-state index in [0.29, 0.717) is 13.2 Å². The fraction of sp³-hybridized carbons (Fsp3) is 0.647. The predicted octanol–water partition coefficient (Wildman–Crippen LogP) is 1.61. The molecule has 0 amide bonds. The first kappa shape index (κ1) is 15.6. The van der Waals surface area contributed by atoms with E-state index in [4.69, 9.17) is 14.2 Å². The summed E-state index contributed by atoms with van der Waals surface area (Å²) in [6.45, 7) is 8.84. The Morgan fingerprint density at radius 2 is 1.73 bits per heavy atom. The molecule has 0 radical (unpaired) electrons. The van der Waals surface area contributed by atoms with Crippen molar-refractivity contribution in [1.82, 2.24) is 9.80 Å². The monoisotopic (exact) mass is 306 g/mol. The molecule has 2 aliphatic rings. The van der Waals surface area contributed by atoms with Crippen LogP contribution in [0.25, 0.3) is 0 Å². The molecule has 22 heavy (non-hydrogen) atoms. The number of nitrogens with zero attached hydrogens (tertiary/aromatic N) is 2. The van der Waals surface area contributed by atoms with Gasteiger partial charge in [-0.3, -0.25) is 4.90 Å². The fourth-order valence-corrected chi connectivity index (χ4v) is 3.05. The van der Waals surface area contributed by atoms with Crippen molar-refractivity contribution in [2.24, 2.45) is 0 Å². The Morgan fingerprint density at radius 1 is 1.00 bits per heavy atom. The van der Waals surface area contributed by atoms with E-state index in [1.807, 2.05) is 6.07 Å². The zero-order valence-electron chi connectivity index (χ0n) is 13.4. The van der Waals surface area contributed by atoms with Crippen molar-refractivity contribution >= 4 is 0 Å². The summed E-state index contributed by atoms with van der Waals surface area (Å²) in [6.07, 6.45) is 1.12. The van der Waals surface area contributed by atoms with Crippen LogP contribution in [0.1, 0.15) is 12.0 Å². The lowest BCUT2D eigenvalue weighted by molar-refractivity contribution is 0.112. The van der Waals surface area contributed by atoms with Gasteiger partial charge in [0.1, 0.15) is 13.2 Å². The van der Waals surface area contributed by atoms with Gasteiger partial charge in [-0.05, 0) is 24.1 Å². The standard InChI is InChI=1S/C17H26N2O3/c1-20-10-2-5-18-6-8-19(9-7-18)14-15-3-4-16-17(13-15)22-12-11-21-16/h3-4,13H,2,5-12,14H2,1H3. The zero-order valence-corrected chi connectivity index (χ0v) is 13.4. The quantitative estimate of drug-likeness (QED) is 0.746. The minimum absolute atomic E-state index is 0.649. The van der Waals surface area contributed by atoms with Crippen LogP contribution in [-0.4, -0.2) is 69.5 Å². The van der Waals surface area contributed by atoms with Gasteiger partial charge in [-0.15, -0.1) is 0 Å². The summed E-state index contributed by atoms with van der Waals surface area (Å²) in [5, 5.41) is 0. The lowest BCUT2D eigenvalue weighted by Crippen LogP contribution is -2.46. The van der Waals surface area contributed by atoms with Gasteiger partial charge in [0.25, 0.3) is 0 Å². The van der Waals surface area contributed by atoms with E-state index < -0.39 is 0 Å². The molecule has 5 nitrogen and oxygen atoms in total. The molecule has 0 aliphatic carbocycles. The van der Waals surface area contributed by atoms with Crippen LogP contribution in [0, 0.1) is 0 Å². The van der Waals surface area contributed by atoms with E-state index in [9.17, 15) is 0 Å². The second kappa shape index (κ2) is 7.81. The highest BCUT2D eigenvalue weighted by molar-refractivity contribution is 5.43. The molecule has 0 N–H and O–H groups in total. The highest BCUT2D eigenvalue weighted by Crippen LogP contribution is 2.31. The molecule has 0 aromatic heterocycles. The number of piperazine rings is 1. The van der Waals surface area contributed by atoms with Crippen molar-refractivity contribution in [3.05, 3.63) is 23.8 Å². The maximum absolute atomic E-state index is 5.66. The van der Waals surface area contributed by atoms with Crippen molar-refractivity contribution in [2.45, 2.75) is 13.0 Å². The van der Waals surface area contributed by atoms with E-state index in [0.717, 1.165) is 63.8 Å². The first-order valence-electron chi connectivity index (χ1n) is 8.17. The molecule has 1 saturated heterocycles. The molecule has 1 fully saturated rings. The van der Waals surface area contributed by atoms with E-state index in [-0.39, 0.29) is 0 Å². The van der Waals surface area contributed by atoms with Gasteiger partial charge in [0.2, 0.25) is 0 Å². The van der Waals surface area contributed by atoms with Gasteiger partial charge in [-0.25, -0.2) is 0 Å². The molecule has 0 unspecified atom stereocenters. The van der Waals surface area contributed by atoms with Gasteiger partial charge in [0.15, 0.2) is 11.5 Å². The summed E-state index contributed by atoms with van der Waals surface area (Å²) in [7, 11) is 1.77. The van der Waals surface area contributed by atoms with Crippen molar-refractivity contribution < 1.29 is 14.2 Å². The first-order chi connectivity index (χ1) is 10.8. The van der Waals surface area contributed by atoms with Gasteiger partial charge in [0.05, 0.1) is 0 Å². The Bertz CT molecular complexity index is 473. The average molecular weight is 306 g/mol. The fourth-order valence-electron chi connectivity index (χ4n) is 3.05. The Hall–Kier alpha value is -1.30. The van der Waals surface area contributed by atoms with Gasteiger partial charge in [-0.1, -0.05) is 6.07 Å². The lowest BCUT2D eigenvalue weighted by Gasteiger charge is -2.34. The van der Waals surface area contributed by atoms with Crippen LogP contribution >= 0.6 is 0 Å². The minimum atomic E-state index is 0.649. The molecule has 5 heteroatoms. The Morgan fingerprint density at radius 3 is 2.50 bits per heavy atom. The van der Waals surface area contributed by atoms with Crippen LogP contribution < -0.4 is 9.47 Å². The second-order valence-corrected chi connectivity index (χ2v) is 5.94. The number of methoxy groups -OCH3 is 1. The first-order valence-corrected chi connectivity index (χ1v) is 8.17. The summed E-state index contributed by atoms with van der Waals surface area (Å²) >= 11 is 0. The maximum Gasteiger partial charge on any atom is 0.161 e. The van der Waals surface area contributed by atoms with Crippen molar-refractivity contribution in [3.8, 4) is 11.5 Å². The number of ether oxygens (including phenoxy) is 3. The molecule has 3 rings (SSSR count). The van der Waals surface area contributed by atoms with Crippen LogP contribution in [0.3, 0.4) is 0 Å². The number of benzene rings is 1. The molecule has 1 aromatic rings. The second-order valence-electron chi connectivity index (χ2n) is 5.94. The Balaban J connectivity index is 1.46. The van der Waals surface area contributed by atoms with E-state index in [1.54, 1.807) is 7.11 Å². The molecule has 122 valence electrons. The van der Waals surface area contributed by atoms with E-state index >= 15 is 0 Å². The molecular formula is C17H26N2O3. The van der Waals surface area contributed by atoms with Gasteiger partial charge in [0, 0.05) is 53.0 Å². The van der Waals surface area contributed by atoms with Crippen LogP contribution in [0.4, 0.5) is 0 Å². The molecular weight excluding hydrogens is 280 g/mol. The third-order valence-electron chi connectivity index (χ3n) is 4.30. The van der Waals surface area contributed by atoms with Crippen LogP contribution in [0.5, 0.6) is 11.5 Å². The molecule has 0 spiro atoms. The molecule has 0 atom stereocenters. The third kappa shape index (κ3) is 4.12. The van der Waals surface area contributed by atoms with Gasteiger partial charge in [-0.2, -0.15) is 0 Å². The van der Waals surface area contributed by atoms with Crippen molar-refractivity contribution in [3.63, 3.8) is 0 Å². The number of fused-ring (bicyclic) bond motifs is 1. The summed E-state index contributed by atoms with van der Waals surface area (Å²) < 4.78 is 16.4. The molecule has 2 heterocycles. The molecule has 2 aliphatic heterocycles. The largest absolute Gasteiger partial charge is 0.486 e. The smallest absolute Gasteiger partial charge is 0.161 e. The van der Waals surface area contributed by atoms with Crippen molar-refractivity contribution in [2.75, 3.05) is 59.7 Å². The third-order valence-corrected chi connectivity index (χ3v) is 4.30. The number of hydrogen-bond donors (Lipinski definition) is 0. The molecule has 1 aromatic carbocycles. The normalized spacial score (nSPS) is 19.3. The summed E-state index contributed by atoms with van der Waals surface area (Å²) in [5.74, 6) is 1.76. The summed E-state index contributed by atoms with van der Waals surface area (Å²) in [6, 6.07) is 6.31. The number of hydrogen-bond acceptors (Lipinski definition) is 5. The maximum atomic E-state index is 5.66. The number of rotatable bonds is 6. The van der Waals surface area contributed by atoms with Crippen LogP contribution in [0.2, 0.25) is 0 Å². The minimum Gasteiger partial charge on any atom is -0.486 e. The topological polar surface area (TPSA) is 34.2 Å². The Kier molecular flexibility index (Phi) is 5.53. The predicted molar refractivity (Wildman–Crippen MR) is 85.6 cm³/mol. The van der Waals surface area contributed by atoms with Crippen LogP contribution in [0.15, 0.2) is 18.2 Å². The average Bonchev–Trinajstić information content (AvgIpc) is 2.57. The SMILES string of the molecule is COCCCN1CCN(Cc2ccc3c(c2)OCCO3)CC1. The van der Waals surface area contributed by atoms with E-state index in [1.165, 1.54) is 5.56 Å². The summed E-state index contributed by atoms with van der Waals surface area (Å²) in [5.41, 5.74) is 1.30. The summed E-state index contributed by atoms with van der Waals surface area (Å²) in [4.78, 5) is 5.04. The molecule has 0 bridgehead atoms. The highest BCUT2D eigenvalue weighted by Gasteiger charge is 2.18. The van der Waals surface area contributed by atoms with Gasteiger partial charge < -0.3 is 19.1 Å². The van der Waals surface area contributed by atoms with Gasteiger partial charge >= 0.3 is 0 Å². The lowest BCUT2D eigenvalue weighted by atomic mass is 10.1. The Labute approximate surface area is 132 Å².